The molecule has 0 aliphatic heterocycles. The van der Waals surface area contributed by atoms with Gasteiger partial charge in [0.05, 0.1) is 0 Å². The van der Waals surface area contributed by atoms with Crippen LogP contribution in [0.15, 0.2) is 18.2 Å². The minimum atomic E-state index is -0.788. The molecule has 0 amide bonds. The van der Waals surface area contributed by atoms with Crippen LogP contribution < -0.4 is 10.6 Å². The Bertz CT molecular complexity index is 316. The zero-order valence-electron chi connectivity index (χ0n) is 9.52. The fourth-order valence-corrected chi connectivity index (χ4v) is 1.41. The van der Waals surface area contributed by atoms with Gasteiger partial charge in [0.2, 0.25) is 0 Å². The first-order valence-electron chi connectivity index (χ1n) is 5.59. The summed E-state index contributed by atoms with van der Waals surface area (Å²) in [6, 6.07) is 4.04. The van der Waals surface area contributed by atoms with Gasteiger partial charge < -0.3 is 10.6 Å². The number of hydrogen-bond acceptors (Lipinski definition) is 2. The van der Waals surface area contributed by atoms with Crippen LogP contribution in [0.5, 0.6) is 0 Å². The van der Waals surface area contributed by atoms with Crippen molar-refractivity contribution in [2.45, 2.75) is 13.3 Å². The summed E-state index contributed by atoms with van der Waals surface area (Å²) in [5.41, 5.74) is 0.815. The molecule has 0 aliphatic carbocycles. The van der Waals surface area contributed by atoms with E-state index >= 15 is 0 Å². The highest BCUT2D eigenvalue weighted by atomic mass is 19.2. The molecule has 1 aromatic rings. The molecule has 1 aromatic carbocycles. The van der Waals surface area contributed by atoms with Crippen LogP contribution in [0.2, 0.25) is 0 Å². The van der Waals surface area contributed by atoms with E-state index in [2.05, 4.69) is 17.6 Å². The van der Waals surface area contributed by atoms with Gasteiger partial charge in [0, 0.05) is 13.1 Å². The molecule has 0 radical (unpaired) electrons. The van der Waals surface area contributed by atoms with Crippen molar-refractivity contribution in [2.24, 2.45) is 0 Å². The lowest BCUT2D eigenvalue weighted by Gasteiger charge is -2.05. The molecule has 0 aliphatic rings. The summed E-state index contributed by atoms with van der Waals surface area (Å²) in [6.45, 7) is 5.61. The van der Waals surface area contributed by atoms with E-state index in [1.807, 2.05) is 0 Å². The quantitative estimate of drug-likeness (QED) is 0.694. The predicted octanol–water partition coefficient (Wildman–Crippen LogP) is 1.71. The molecule has 0 fully saturated rings. The van der Waals surface area contributed by atoms with Crippen LogP contribution in [0, 0.1) is 11.6 Å². The molecule has 16 heavy (non-hydrogen) atoms. The second-order valence-corrected chi connectivity index (χ2v) is 3.60. The van der Waals surface area contributed by atoms with Crippen LogP contribution in [0.3, 0.4) is 0 Å². The molecule has 0 saturated carbocycles. The second kappa shape index (κ2) is 7.30. The molecule has 4 heteroatoms. The number of likely N-dealkylation sites (N-methyl/N-ethyl adjacent to an activating group) is 1. The molecule has 0 spiro atoms. The highest BCUT2D eigenvalue weighted by Crippen LogP contribution is 2.08. The van der Waals surface area contributed by atoms with Gasteiger partial charge in [0.25, 0.3) is 0 Å². The van der Waals surface area contributed by atoms with E-state index in [0.29, 0.717) is 6.42 Å². The van der Waals surface area contributed by atoms with Gasteiger partial charge in [-0.2, -0.15) is 0 Å². The van der Waals surface area contributed by atoms with Gasteiger partial charge in [-0.15, -0.1) is 0 Å². The third-order valence-corrected chi connectivity index (χ3v) is 2.30. The highest BCUT2D eigenvalue weighted by Gasteiger charge is 2.01. The van der Waals surface area contributed by atoms with Gasteiger partial charge >= 0.3 is 0 Å². The summed E-state index contributed by atoms with van der Waals surface area (Å²) in [7, 11) is 0. The molecule has 0 unspecified atom stereocenters. The van der Waals surface area contributed by atoms with Gasteiger partial charge in [-0.25, -0.2) is 8.78 Å². The van der Waals surface area contributed by atoms with Crippen LogP contribution in [0.4, 0.5) is 8.78 Å². The largest absolute Gasteiger partial charge is 0.316 e. The Hall–Kier alpha value is -1.00. The zero-order chi connectivity index (χ0) is 11.8. The molecule has 2 N–H and O–H groups in total. The fraction of sp³-hybridized carbons (Fsp3) is 0.500. The summed E-state index contributed by atoms with van der Waals surface area (Å²) in [5.74, 6) is -1.56. The maximum Gasteiger partial charge on any atom is 0.159 e. The number of rotatable bonds is 7. The Kier molecular flexibility index (Phi) is 5.96. The smallest absolute Gasteiger partial charge is 0.159 e. The van der Waals surface area contributed by atoms with Gasteiger partial charge in [-0.3, -0.25) is 0 Å². The second-order valence-electron chi connectivity index (χ2n) is 3.60. The highest BCUT2D eigenvalue weighted by molar-refractivity contribution is 5.17. The zero-order valence-corrected chi connectivity index (χ0v) is 9.52. The predicted molar refractivity (Wildman–Crippen MR) is 61.5 cm³/mol. The van der Waals surface area contributed by atoms with Gasteiger partial charge in [-0.1, -0.05) is 13.0 Å². The number of benzene rings is 1. The summed E-state index contributed by atoms with van der Waals surface area (Å²) < 4.78 is 25.5. The van der Waals surface area contributed by atoms with E-state index in [4.69, 9.17) is 0 Å². The molecule has 1 rings (SSSR count). The van der Waals surface area contributed by atoms with Crippen LogP contribution in [0.25, 0.3) is 0 Å². The molecule has 2 nitrogen and oxygen atoms in total. The lowest BCUT2D eigenvalue weighted by molar-refractivity contribution is 0.506. The van der Waals surface area contributed by atoms with E-state index in [9.17, 15) is 8.78 Å². The minimum absolute atomic E-state index is 0.712. The lowest BCUT2D eigenvalue weighted by Crippen LogP contribution is -2.28. The Morgan fingerprint density at radius 1 is 1.00 bits per heavy atom. The SMILES string of the molecule is CCNCCNCCc1ccc(F)c(F)c1. The number of nitrogens with one attached hydrogen (secondary N) is 2. The van der Waals surface area contributed by atoms with Crippen molar-refractivity contribution in [3.8, 4) is 0 Å². The van der Waals surface area contributed by atoms with Gasteiger partial charge in [-0.05, 0) is 37.2 Å². The van der Waals surface area contributed by atoms with E-state index in [1.54, 1.807) is 6.07 Å². The van der Waals surface area contributed by atoms with E-state index in [0.717, 1.165) is 31.7 Å². The van der Waals surface area contributed by atoms with Crippen molar-refractivity contribution in [1.29, 1.82) is 0 Å². The molecule has 0 bridgehead atoms. The fourth-order valence-electron chi connectivity index (χ4n) is 1.41. The van der Waals surface area contributed by atoms with Crippen LogP contribution in [0.1, 0.15) is 12.5 Å². The first-order chi connectivity index (χ1) is 7.74. The summed E-state index contributed by atoms with van der Waals surface area (Å²) in [5, 5.41) is 6.42. The maximum absolute atomic E-state index is 12.8. The van der Waals surface area contributed by atoms with Crippen molar-refractivity contribution in [3.05, 3.63) is 35.4 Å². The van der Waals surface area contributed by atoms with Crippen molar-refractivity contribution < 1.29 is 8.78 Å². The van der Waals surface area contributed by atoms with Crippen LogP contribution >= 0.6 is 0 Å². The van der Waals surface area contributed by atoms with E-state index in [1.165, 1.54) is 12.1 Å². The Morgan fingerprint density at radius 2 is 1.75 bits per heavy atom. The molecule has 0 saturated heterocycles. The topological polar surface area (TPSA) is 24.1 Å². The average molecular weight is 228 g/mol. The molecule has 90 valence electrons. The molecule has 0 aromatic heterocycles. The lowest BCUT2D eigenvalue weighted by atomic mass is 10.1. The number of halogens is 2. The summed E-state index contributed by atoms with van der Waals surface area (Å²) in [4.78, 5) is 0. The molecule has 0 atom stereocenters. The third-order valence-electron chi connectivity index (χ3n) is 2.30. The molecular formula is C12H18F2N2. The van der Waals surface area contributed by atoms with E-state index < -0.39 is 11.6 Å². The minimum Gasteiger partial charge on any atom is -0.316 e. The van der Waals surface area contributed by atoms with Crippen molar-refractivity contribution in [1.82, 2.24) is 10.6 Å². The van der Waals surface area contributed by atoms with Crippen LogP contribution in [-0.4, -0.2) is 26.2 Å². The monoisotopic (exact) mass is 228 g/mol. The first-order valence-corrected chi connectivity index (χ1v) is 5.59. The normalized spacial score (nSPS) is 10.7. The Balaban J connectivity index is 2.19. The molecular weight excluding hydrogens is 210 g/mol. The van der Waals surface area contributed by atoms with Crippen molar-refractivity contribution in [3.63, 3.8) is 0 Å². The molecule has 0 heterocycles. The van der Waals surface area contributed by atoms with Crippen molar-refractivity contribution >= 4 is 0 Å². The number of hydrogen-bond donors (Lipinski definition) is 2. The Labute approximate surface area is 95.1 Å². The van der Waals surface area contributed by atoms with Crippen molar-refractivity contribution in [2.75, 3.05) is 26.2 Å². The average Bonchev–Trinajstić information content (AvgIpc) is 2.28. The summed E-state index contributed by atoms with van der Waals surface area (Å²) in [6.07, 6.45) is 0.712. The van der Waals surface area contributed by atoms with Crippen LogP contribution in [-0.2, 0) is 6.42 Å². The third kappa shape index (κ3) is 4.68. The Morgan fingerprint density at radius 3 is 2.44 bits per heavy atom. The maximum atomic E-state index is 12.8. The van der Waals surface area contributed by atoms with Gasteiger partial charge in [0.1, 0.15) is 0 Å². The van der Waals surface area contributed by atoms with E-state index in [-0.39, 0.29) is 0 Å². The standard InChI is InChI=1S/C12H18F2N2/c1-2-15-7-8-16-6-5-10-3-4-11(13)12(14)9-10/h3-4,9,15-16H,2,5-8H2,1H3. The van der Waals surface area contributed by atoms with Gasteiger partial charge in [0.15, 0.2) is 11.6 Å². The summed E-state index contributed by atoms with van der Waals surface area (Å²) >= 11 is 0. The first kappa shape index (κ1) is 13.1.